The minimum Gasteiger partial charge on any atom is -0.0649 e. The predicted molar refractivity (Wildman–Crippen MR) is 32.2 cm³/mol. The summed E-state index contributed by atoms with van der Waals surface area (Å²) in [6.07, 6.45) is 5.81. The molecule has 0 radical (unpaired) electrons. The van der Waals surface area contributed by atoms with Crippen molar-refractivity contribution in [2.45, 2.75) is 39.5 Å². The fourth-order valence-electron chi connectivity index (χ4n) is 1.13. The van der Waals surface area contributed by atoms with E-state index in [1.165, 1.54) is 25.7 Å². The molecule has 7 heavy (non-hydrogen) atoms. The minimum absolute atomic E-state index is 0.833. The summed E-state index contributed by atoms with van der Waals surface area (Å²) in [4.78, 5) is 0. The molecule has 0 aliphatic heterocycles. The quantitative estimate of drug-likeness (QED) is 0.498. The molecule has 0 aromatic rings. The van der Waals surface area contributed by atoms with Crippen molar-refractivity contribution in [3.8, 4) is 0 Å². The van der Waals surface area contributed by atoms with Gasteiger partial charge in [0.05, 0.1) is 0 Å². The molecule has 0 nitrogen and oxygen atoms in total. The number of hydrogen-bond donors (Lipinski definition) is 0. The molecule has 1 aliphatic rings. The molecule has 0 unspecified atom stereocenters. The SMILES string of the molecule is CCC1(CC)CC1. The molecule has 1 fully saturated rings. The largest absolute Gasteiger partial charge is 0.0649 e. The van der Waals surface area contributed by atoms with Crippen molar-refractivity contribution in [1.82, 2.24) is 0 Å². The molecule has 0 heterocycles. The maximum absolute atomic E-state index is 2.30. The molecule has 0 aromatic heterocycles. The van der Waals surface area contributed by atoms with Gasteiger partial charge in [0.15, 0.2) is 0 Å². The van der Waals surface area contributed by atoms with Gasteiger partial charge in [-0.25, -0.2) is 0 Å². The maximum Gasteiger partial charge on any atom is -0.0302 e. The van der Waals surface area contributed by atoms with Gasteiger partial charge in [-0.1, -0.05) is 26.7 Å². The van der Waals surface area contributed by atoms with E-state index < -0.39 is 0 Å². The molecular formula is C7H14. The first-order valence-corrected chi connectivity index (χ1v) is 3.33. The second kappa shape index (κ2) is 1.50. The maximum atomic E-state index is 2.30. The highest BCUT2D eigenvalue weighted by Crippen LogP contribution is 2.51. The fourth-order valence-corrected chi connectivity index (χ4v) is 1.13. The van der Waals surface area contributed by atoms with Crippen molar-refractivity contribution in [3.05, 3.63) is 0 Å². The highest BCUT2D eigenvalue weighted by atomic mass is 14.4. The Morgan fingerprint density at radius 2 is 1.57 bits per heavy atom. The normalized spacial score (nSPS) is 24.9. The Labute approximate surface area is 45.9 Å². The van der Waals surface area contributed by atoms with Gasteiger partial charge >= 0.3 is 0 Å². The van der Waals surface area contributed by atoms with E-state index in [1.807, 2.05) is 0 Å². The predicted octanol–water partition coefficient (Wildman–Crippen LogP) is 2.59. The fraction of sp³-hybridized carbons (Fsp3) is 1.00. The van der Waals surface area contributed by atoms with Gasteiger partial charge in [0.1, 0.15) is 0 Å². The summed E-state index contributed by atoms with van der Waals surface area (Å²) in [6, 6.07) is 0. The molecule has 0 atom stereocenters. The Bertz CT molecular complexity index is 54.4. The highest BCUT2D eigenvalue weighted by Gasteiger charge is 2.37. The molecule has 0 amide bonds. The van der Waals surface area contributed by atoms with Crippen LogP contribution in [0.3, 0.4) is 0 Å². The number of rotatable bonds is 2. The summed E-state index contributed by atoms with van der Waals surface area (Å²) in [5.74, 6) is 0. The molecule has 0 N–H and O–H groups in total. The van der Waals surface area contributed by atoms with Crippen molar-refractivity contribution >= 4 is 0 Å². The first-order chi connectivity index (χ1) is 3.33. The molecule has 0 saturated heterocycles. The lowest BCUT2D eigenvalue weighted by atomic mass is 10.0. The van der Waals surface area contributed by atoms with E-state index in [1.54, 1.807) is 0 Å². The molecule has 1 aliphatic carbocycles. The van der Waals surface area contributed by atoms with Crippen LogP contribution in [0.2, 0.25) is 0 Å². The van der Waals surface area contributed by atoms with Gasteiger partial charge in [-0.2, -0.15) is 0 Å². The molecule has 0 aromatic carbocycles. The lowest BCUT2D eigenvalue weighted by Gasteiger charge is -2.04. The Balaban J connectivity index is 2.28. The van der Waals surface area contributed by atoms with Crippen LogP contribution in [0.1, 0.15) is 39.5 Å². The van der Waals surface area contributed by atoms with Crippen molar-refractivity contribution in [3.63, 3.8) is 0 Å². The third-order valence-corrected chi connectivity index (χ3v) is 2.46. The summed E-state index contributed by atoms with van der Waals surface area (Å²) < 4.78 is 0. The average molecular weight is 98.2 g/mol. The van der Waals surface area contributed by atoms with Gasteiger partial charge in [-0.05, 0) is 18.3 Å². The summed E-state index contributed by atoms with van der Waals surface area (Å²) in [6.45, 7) is 4.60. The molecule has 42 valence electrons. The zero-order valence-electron chi connectivity index (χ0n) is 5.33. The van der Waals surface area contributed by atoms with Gasteiger partial charge in [0.2, 0.25) is 0 Å². The molecule has 0 spiro atoms. The summed E-state index contributed by atoms with van der Waals surface area (Å²) >= 11 is 0. The van der Waals surface area contributed by atoms with Gasteiger partial charge in [-0.3, -0.25) is 0 Å². The van der Waals surface area contributed by atoms with Crippen LogP contribution in [-0.4, -0.2) is 0 Å². The van der Waals surface area contributed by atoms with Gasteiger partial charge in [-0.15, -0.1) is 0 Å². The monoisotopic (exact) mass is 98.1 g/mol. The second-order valence-corrected chi connectivity index (χ2v) is 2.71. The Kier molecular flexibility index (Phi) is 1.10. The van der Waals surface area contributed by atoms with Crippen LogP contribution in [0, 0.1) is 5.41 Å². The lowest BCUT2D eigenvalue weighted by molar-refractivity contribution is 0.474. The van der Waals surface area contributed by atoms with Crippen LogP contribution in [0.5, 0.6) is 0 Å². The van der Waals surface area contributed by atoms with E-state index in [-0.39, 0.29) is 0 Å². The van der Waals surface area contributed by atoms with Crippen LogP contribution in [0.4, 0.5) is 0 Å². The van der Waals surface area contributed by atoms with E-state index in [4.69, 9.17) is 0 Å². The van der Waals surface area contributed by atoms with Crippen LogP contribution in [0.15, 0.2) is 0 Å². The van der Waals surface area contributed by atoms with E-state index >= 15 is 0 Å². The first-order valence-electron chi connectivity index (χ1n) is 3.33. The Hall–Kier alpha value is 0. The van der Waals surface area contributed by atoms with Gasteiger partial charge in [0, 0.05) is 0 Å². The number of hydrogen-bond acceptors (Lipinski definition) is 0. The van der Waals surface area contributed by atoms with Crippen molar-refractivity contribution in [1.29, 1.82) is 0 Å². The smallest absolute Gasteiger partial charge is 0.0302 e. The van der Waals surface area contributed by atoms with E-state index in [9.17, 15) is 0 Å². The van der Waals surface area contributed by atoms with Crippen LogP contribution in [-0.2, 0) is 0 Å². The van der Waals surface area contributed by atoms with Crippen molar-refractivity contribution < 1.29 is 0 Å². The Morgan fingerprint density at radius 3 is 1.57 bits per heavy atom. The van der Waals surface area contributed by atoms with Gasteiger partial charge in [0.25, 0.3) is 0 Å². The summed E-state index contributed by atoms with van der Waals surface area (Å²) in [7, 11) is 0. The molecule has 0 heteroatoms. The molecular weight excluding hydrogens is 84.1 g/mol. The Morgan fingerprint density at radius 1 is 1.14 bits per heavy atom. The zero-order chi connectivity index (χ0) is 5.33. The highest BCUT2D eigenvalue weighted by molar-refractivity contribution is 4.89. The van der Waals surface area contributed by atoms with Crippen LogP contribution < -0.4 is 0 Å². The minimum atomic E-state index is 0.833. The van der Waals surface area contributed by atoms with Crippen molar-refractivity contribution in [2.75, 3.05) is 0 Å². The summed E-state index contributed by atoms with van der Waals surface area (Å²) in [5, 5.41) is 0. The first kappa shape index (κ1) is 5.14. The topological polar surface area (TPSA) is 0 Å². The van der Waals surface area contributed by atoms with E-state index in [0.29, 0.717) is 0 Å². The van der Waals surface area contributed by atoms with Crippen molar-refractivity contribution in [2.24, 2.45) is 5.41 Å². The third kappa shape index (κ3) is 0.793. The van der Waals surface area contributed by atoms with E-state index in [2.05, 4.69) is 13.8 Å². The lowest BCUT2D eigenvalue weighted by Crippen LogP contribution is -1.92. The zero-order valence-corrected chi connectivity index (χ0v) is 5.33. The third-order valence-electron chi connectivity index (χ3n) is 2.46. The summed E-state index contributed by atoms with van der Waals surface area (Å²) in [5.41, 5.74) is 0.833. The van der Waals surface area contributed by atoms with Gasteiger partial charge < -0.3 is 0 Å². The standard InChI is InChI=1S/C7H14/c1-3-7(4-2)5-6-7/h3-6H2,1-2H3. The van der Waals surface area contributed by atoms with Crippen LogP contribution in [0.25, 0.3) is 0 Å². The molecule has 1 rings (SSSR count). The molecule has 0 bridgehead atoms. The average Bonchev–Trinajstić information content (AvgIpc) is 2.46. The van der Waals surface area contributed by atoms with Crippen LogP contribution >= 0.6 is 0 Å². The molecule has 1 saturated carbocycles. The van der Waals surface area contributed by atoms with E-state index in [0.717, 1.165) is 5.41 Å². The second-order valence-electron chi connectivity index (χ2n) is 2.71.